The van der Waals surface area contributed by atoms with Crippen molar-refractivity contribution in [3.8, 4) is 5.88 Å². The summed E-state index contributed by atoms with van der Waals surface area (Å²) in [6.07, 6.45) is 1.85. The van der Waals surface area contributed by atoms with Gasteiger partial charge in [-0.3, -0.25) is 9.36 Å². The van der Waals surface area contributed by atoms with Crippen molar-refractivity contribution >= 4 is 0 Å². The number of nitrogens with zero attached hydrogens (tertiary/aromatic N) is 3. The molecule has 0 aliphatic carbocycles. The lowest BCUT2D eigenvalue weighted by Gasteiger charge is -2.23. The van der Waals surface area contributed by atoms with Crippen LogP contribution in [-0.2, 0) is 14.1 Å². The summed E-state index contributed by atoms with van der Waals surface area (Å²) in [6.45, 7) is 1.67. The Balaban J connectivity index is 2.27. The van der Waals surface area contributed by atoms with E-state index >= 15 is 0 Å². The second-order valence-corrected chi connectivity index (χ2v) is 4.16. The van der Waals surface area contributed by atoms with Crippen molar-refractivity contribution in [2.75, 3.05) is 13.1 Å². The van der Waals surface area contributed by atoms with Gasteiger partial charge in [-0.1, -0.05) is 0 Å². The highest BCUT2D eigenvalue weighted by molar-refractivity contribution is 5.02. The van der Waals surface area contributed by atoms with Crippen molar-refractivity contribution in [1.29, 1.82) is 0 Å². The van der Waals surface area contributed by atoms with Gasteiger partial charge in [-0.2, -0.15) is 0 Å². The highest BCUT2D eigenvalue weighted by Gasteiger charge is 2.18. The average molecular weight is 240 g/mol. The quantitative estimate of drug-likeness (QED) is 0.688. The topological polar surface area (TPSA) is 78.2 Å². The summed E-state index contributed by atoms with van der Waals surface area (Å²) < 4.78 is 7.64. The van der Waals surface area contributed by atoms with Gasteiger partial charge < -0.3 is 10.1 Å². The first-order valence-electron chi connectivity index (χ1n) is 5.61. The van der Waals surface area contributed by atoms with Crippen LogP contribution in [0.2, 0.25) is 0 Å². The molecule has 0 amide bonds. The Morgan fingerprint density at radius 1 is 1.41 bits per heavy atom. The fourth-order valence-corrected chi connectivity index (χ4v) is 1.82. The first kappa shape index (κ1) is 11.8. The third kappa shape index (κ3) is 2.38. The molecule has 0 spiro atoms. The lowest BCUT2D eigenvalue weighted by molar-refractivity contribution is 0.152. The highest BCUT2D eigenvalue weighted by atomic mass is 16.5. The maximum atomic E-state index is 11.8. The molecule has 1 aromatic rings. The minimum absolute atomic E-state index is 0.0108. The molecule has 0 radical (unpaired) electrons. The first-order valence-corrected chi connectivity index (χ1v) is 5.61. The summed E-state index contributed by atoms with van der Waals surface area (Å²) in [7, 11) is 2.91. The van der Waals surface area contributed by atoms with Crippen LogP contribution < -0.4 is 21.3 Å². The van der Waals surface area contributed by atoms with Crippen LogP contribution in [-0.4, -0.2) is 33.5 Å². The summed E-state index contributed by atoms with van der Waals surface area (Å²) in [4.78, 5) is 23.2. The van der Waals surface area contributed by atoms with Gasteiger partial charge in [0.05, 0.1) is 0 Å². The molecule has 1 aliphatic heterocycles. The van der Waals surface area contributed by atoms with Crippen molar-refractivity contribution < 1.29 is 4.74 Å². The van der Waals surface area contributed by atoms with Crippen molar-refractivity contribution in [3.63, 3.8) is 0 Å². The molecular formula is C10H16N4O3. The second kappa shape index (κ2) is 4.70. The van der Waals surface area contributed by atoms with Crippen molar-refractivity contribution in [2.24, 2.45) is 14.1 Å². The fraction of sp³-hybridized carbons (Fsp3) is 0.700. The fourth-order valence-electron chi connectivity index (χ4n) is 1.82. The zero-order valence-corrected chi connectivity index (χ0v) is 9.97. The lowest BCUT2D eigenvalue weighted by atomic mass is 10.1. The van der Waals surface area contributed by atoms with E-state index in [1.54, 1.807) is 0 Å². The van der Waals surface area contributed by atoms with Gasteiger partial charge in [0.1, 0.15) is 6.10 Å². The van der Waals surface area contributed by atoms with Gasteiger partial charge in [-0.15, -0.1) is 5.10 Å². The Kier molecular flexibility index (Phi) is 3.28. The molecule has 17 heavy (non-hydrogen) atoms. The van der Waals surface area contributed by atoms with Gasteiger partial charge in [0.2, 0.25) is 0 Å². The molecule has 94 valence electrons. The summed E-state index contributed by atoms with van der Waals surface area (Å²) in [5, 5.41) is 7.03. The van der Waals surface area contributed by atoms with E-state index in [0.29, 0.717) is 6.54 Å². The zero-order chi connectivity index (χ0) is 12.4. The number of nitrogens with one attached hydrogen (secondary N) is 1. The molecule has 0 aromatic carbocycles. The van der Waals surface area contributed by atoms with Crippen molar-refractivity contribution in [1.82, 2.24) is 19.7 Å². The molecule has 2 heterocycles. The largest absolute Gasteiger partial charge is 0.468 e. The van der Waals surface area contributed by atoms with Crippen LogP contribution in [0.1, 0.15) is 12.8 Å². The molecule has 1 aliphatic rings. The highest BCUT2D eigenvalue weighted by Crippen LogP contribution is 2.07. The number of aryl methyl sites for hydroxylation is 1. The third-order valence-electron chi connectivity index (χ3n) is 2.82. The molecular weight excluding hydrogens is 224 g/mol. The Labute approximate surface area is 98.0 Å². The molecule has 7 heteroatoms. The summed E-state index contributed by atoms with van der Waals surface area (Å²) in [6, 6.07) is 0. The Morgan fingerprint density at radius 3 is 2.82 bits per heavy atom. The second-order valence-electron chi connectivity index (χ2n) is 4.16. The lowest BCUT2D eigenvalue weighted by Crippen LogP contribution is -2.42. The number of hydrogen-bond acceptors (Lipinski definition) is 5. The summed E-state index contributed by atoms with van der Waals surface area (Å²) in [5.74, 6) is -0.0108. The van der Waals surface area contributed by atoms with Gasteiger partial charge in [0.25, 0.3) is 5.88 Å². The maximum absolute atomic E-state index is 11.8. The van der Waals surface area contributed by atoms with Crippen LogP contribution in [0.3, 0.4) is 0 Å². The Bertz CT molecular complexity index is 513. The summed E-state index contributed by atoms with van der Waals surface area (Å²) >= 11 is 0. The van der Waals surface area contributed by atoms with E-state index in [-0.39, 0.29) is 12.0 Å². The monoisotopic (exact) mass is 240 g/mol. The van der Waals surface area contributed by atoms with Crippen molar-refractivity contribution in [2.45, 2.75) is 18.9 Å². The van der Waals surface area contributed by atoms with Crippen LogP contribution in [0.15, 0.2) is 9.59 Å². The van der Waals surface area contributed by atoms with E-state index in [4.69, 9.17) is 4.74 Å². The van der Waals surface area contributed by atoms with E-state index < -0.39 is 11.2 Å². The number of ether oxygens (including phenoxy) is 1. The predicted octanol–water partition coefficient (Wildman–Crippen LogP) is -1.39. The number of piperidine rings is 1. The van der Waals surface area contributed by atoms with Crippen LogP contribution >= 0.6 is 0 Å². The van der Waals surface area contributed by atoms with E-state index in [0.717, 1.165) is 28.6 Å². The molecule has 0 saturated carbocycles. The van der Waals surface area contributed by atoms with Gasteiger partial charge in [0, 0.05) is 20.6 Å². The number of aromatic nitrogens is 3. The summed E-state index contributed by atoms with van der Waals surface area (Å²) in [5.41, 5.74) is -0.942. The molecule has 0 unspecified atom stereocenters. The molecule has 7 nitrogen and oxygen atoms in total. The van der Waals surface area contributed by atoms with Crippen molar-refractivity contribution in [3.05, 3.63) is 20.8 Å². The van der Waals surface area contributed by atoms with Crippen LogP contribution in [0.25, 0.3) is 0 Å². The molecule has 2 rings (SSSR count). The Hall–Kier alpha value is -1.63. The minimum atomic E-state index is -0.487. The SMILES string of the molecule is Cn1nc(O[C@H]2CCCNC2)c(=O)n(C)c1=O. The minimum Gasteiger partial charge on any atom is -0.468 e. The van der Waals surface area contributed by atoms with Gasteiger partial charge in [-0.05, 0) is 19.4 Å². The molecule has 1 aromatic heterocycles. The molecule has 1 fully saturated rings. The number of rotatable bonds is 2. The van der Waals surface area contributed by atoms with E-state index in [1.807, 2.05) is 0 Å². The standard InChI is InChI=1S/C10H16N4O3/c1-13-9(15)8(12-14(2)10(13)16)17-7-4-3-5-11-6-7/h7,11H,3-6H2,1-2H3/t7-/m0/s1. The Morgan fingerprint density at radius 2 is 2.18 bits per heavy atom. The van der Waals surface area contributed by atoms with Crippen LogP contribution in [0.4, 0.5) is 0 Å². The van der Waals surface area contributed by atoms with E-state index in [2.05, 4.69) is 10.4 Å². The van der Waals surface area contributed by atoms with Crippen LogP contribution in [0, 0.1) is 0 Å². The van der Waals surface area contributed by atoms with E-state index in [1.165, 1.54) is 14.1 Å². The normalized spacial score (nSPS) is 20.2. The zero-order valence-electron chi connectivity index (χ0n) is 9.97. The smallest absolute Gasteiger partial charge is 0.347 e. The van der Waals surface area contributed by atoms with Gasteiger partial charge in [-0.25, -0.2) is 9.48 Å². The molecule has 0 bridgehead atoms. The maximum Gasteiger partial charge on any atom is 0.347 e. The van der Waals surface area contributed by atoms with E-state index in [9.17, 15) is 9.59 Å². The molecule has 1 saturated heterocycles. The van der Waals surface area contributed by atoms with Crippen LogP contribution in [0.5, 0.6) is 5.88 Å². The first-order chi connectivity index (χ1) is 8.09. The van der Waals surface area contributed by atoms with Gasteiger partial charge >= 0.3 is 11.2 Å². The molecule has 1 N–H and O–H groups in total. The predicted molar refractivity (Wildman–Crippen MR) is 61.2 cm³/mol. The van der Waals surface area contributed by atoms with Gasteiger partial charge in [0.15, 0.2) is 0 Å². The average Bonchev–Trinajstić information content (AvgIpc) is 2.35. The third-order valence-corrected chi connectivity index (χ3v) is 2.82. The number of hydrogen-bond donors (Lipinski definition) is 1. The molecule has 1 atom stereocenters.